The molecular weight excluding hydrogens is 347 g/mol. The Morgan fingerprint density at radius 3 is 2.74 bits per heavy atom. The summed E-state index contributed by atoms with van der Waals surface area (Å²) in [7, 11) is 0. The van der Waals surface area contributed by atoms with Crippen molar-refractivity contribution in [2.75, 3.05) is 5.51 Å². The van der Waals surface area contributed by atoms with E-state index in [1.807, 2.05) is 0 Å². The van der Waals surface area contributed by atoms with Gasteiger partial charge in [-0.1, -0.05) is 0 Å². The molecule has 0 spiro atoms. The molecule has 1 nitrogen and oxygen atoms in total. The number of benzene rings is 1. The van der Waals surface area contributed by atoms with Crippen molar-refractivity contribution in [1.29, 1.82) is 0 Å². The molecule has 0 aromatic heterocycles. The predicted molar refractivity (Wildman–Crippen MR) is 101 cm³/mol. The van der Waals surface area contributed by atoms with Crippen LogP contribution in [0.4, 0.5) is 0 Å². The van der Waals surface area contributed by atoms with Crippen molar-refractivity contribution >= 4 is 19.4 Å². The van der Waals surface area contributed by atoms with Gasteiger partial charge in [-0.25, -0.2) is 0 Å². The minimum absolute atomic E-state index is 0.408. The molecule has 0 N–H and O–H groups in total. The van der Waals surface area contributed by atoms with Crippen LogP contribution < -0.4 is 4.46 Å². The van der Waals surface area contributed by atoms with Crippen molar-refractivity contribution < 1.29 is 4.74 Å². The average Bonchev–Trinajstić information content (AvgIpc) is 2.60. The zero-order valence-electron chi connectivity index (χ0n) is 14.7. The molecular formula is C21H32OSe. The van der Waals surface area contributed by atoms with Crippen molar-refractivity contribution in [3.8, 4) is 0 Å². The number of hydrogen-bond donors (Lipinski definition) is 0. The number of allylic oxidation sites excluding steroid dienone is 2. The zero-order chi connectivity index (χ0) is 16.3. The second-order valence-corrected chi connectivity index (χ2v) is 8.74. The second-order valence-electron chi connectivity index (χ2n) is 6.65. The third-order valence-electron chi connectivity index (χ3n) is 4.93. The van der Waals surface area contributed by atoms with Crippen LogP contribution in [-0.4, -0.2) is 26.6 Å². The third kappa shape index (κ3) is 6.83. The molecule has 2 rings (SSSR count). The first kappa shape index (κ1) is 18.8. The van der Waals surface area contributed by atoms with E-state index in [1.54, 1.807) is 0 Å². The number of unbranched alkanes of at least 4 members (excludes halogenated alkanes) is 1. The van der Waals surface area contributed by atoms with Gasteiger partial charge in [0.2, 0.25) is 0 Å². The maximum absolute atomic E-state index is 6.25. The minimum atomic E-state index is 0.408. The van der Waals surface area contributed by atoms with Gasteiger partial charge in [0.1, 0.15) is 0 Å². The first-order chi connectivity index (χ1) is 11.3. The maximum atomic E-state index is 6.25. The summed E-state index contributed by atoms with van der Waals surface area (Å²) in [5.41, 5.74) is 0.910. The monoisotopic (exact) mass is 380 g/mol. The Hall–Kier alpha value is -0.561. The number of rotatable bonds is 9. The molecule has 0 bridgehead atoms. The van der Waals surface area contributed by atoms with E-state index in [0.29, 0.717) is 21.1 Å². The van der Waals surface area contributed by atoms with Crippen molar-refractivity contribution in [3.05, 3.63) is 42.5 Å². The van der Waals surface area contributed by atoms with Gasteiger partial charge in [0.05, 0.1) is 0 Å². The van der Waals surface area contributed by atoms with Crippen LogP contribution in [0.1, 0.15) is 58.8 Å². The molecule has 0 radical (unpaired) electrons. The molecule has 0 heterocycles. The van der Waals surface area contributed by atoms with Crippen LogP contribution in [0.15, 0.2) is 42.5 Å². The molecule has 2 heteroatoms. The quantitative estimate of drug-likeness (QED) is 0.437. The summed E-state index contributed by atoms with van der Waals surface area (Å²) in [4.78, 5) is 0. The fourth-order valence-electron chi connectivity index (χ4n) is 3.55. The summed E-state index contributed by atoms with van der Waals surface area (Å²) in [5, 5.41) is 0. The second kappa shape index (κ2) is 11.1. The van der Waals surface area contributed by atoms with Gasteiger partial charge >= 0.3 is 149 Å². The van der Waals surface area contributed by atoms with Gasteiger partial charge in [-0.3, -0.25) is 0 Å². The summed E-state index contributed by atoms with van der Waals surface area (Å²) in [6.45, 7) is 4.55. The van der Waals surface area contributed by atoms with Crippen molar-refractivity contribution in [1.82, 2.24) is 0 Å². The molecule has 1 aliphatic rings. The van der Waals surface area contributed by atoms with E-state index in [-0.39, 0.29) is 0 Å². The summed E-state index contributed by atoms with van der Waals surface area (Å²) in [6.07, 6.45) is 14.5. The van der Waals surface area contributed by atoms with Gasteiger partial charge in [0.25, 0.3) is 0 Å². The van der Waals surface area contributed by atoms with Gasteiger partial charge in [-0.15, -0.1) is 0 Å². The van der Waals surface area contributed by atoms with Gasteiger partial charge in [-0.2, -0.15) is 0 Å². The molecule has 0 amide bonds. The normalized spacial score (nSPS) is 23.2. The Morgan fingerprint density at radius 1 is 1.17 bits per heavy atom. The van der Waals surface area contributed by atoms with Crippen molar-refractivity contribution in [2.45, 2.75) is 64.9 Å². The summed E-state index contributed by atoms with van der Waals surface area (Å²) < 4.78 is 7.69. The molecule has 1 saturated carbocycles. The molecule has 23 heavy (non-hydrogen) atoms. The van der Waals surface area contributed by atoms with E-state index in [9.17, 15) is 0 Å². The number of hydrogen-bond acceptors (Lipinski definition) is 1. The molecule has 128 valence electrons. The SMILES string of the molecule is CCC/C=C/CC1CCCCC1C(C)OC[Se]c1ccccc1. The molecule has 0 aliphatic heterocycles. The topological polar surface area (TPSA) is 9.23 Å². The molecule has 1 aliphatic carbocycles. The summed E-state index contributed by atoms with van der Waals surface area (Å²) >= 11 is 0.445. The first-order valence-electron chi connectivity index (χ1n) is 9.25. The average molecular weight is 379 g/mol. The Labute approximate surface area is 149 Å². The van der Waals surface area contributed by atoms with Gasteiger partial charge < -0.3 is 0 Å². The number of ether oxygens (including phenoxy) is 1. The van der Waals surface area contributed by atoms with Crippen LogP contribution in [0.3, 0.4) is 0 Å². The van der Waals surface area contributed by atoms with Gasteiger partial charge in [0, 0.05) is 0 Å². The Balaban J connectivity index is 1.76. The van der Waals surface area contributed by atoms with Crippen LogP contribution in [0.5, 0.6) is 0 Å². The molecule has 3 atom stereocenters. The Kier molecular flexibility index (Phi) is 9.04. The van der Waals surface area contributed by atoms with E-state index in [1.165, 1.54) is 49.4 Å². The summed E-state index contributed by atoms with van der Waals surface area (Å²) in [6, 6.07) is 10.8. The van der Waals surface area contributed by atoms with Crippen LogP contribution in [0.2, 0.25) is 0 Å². The van der Waals surface area contributed by atoms with E-state index >= 15 is 0 Å². The molecule has 0 saturated heterocycles. The van der Waals surface area contributed by atoms with Crippen LogP contribution >= 0.6 is 0 Å². The first-order valence-corrected chi connectivity index (χ1v) is 11.3. The van der Waals surface area contributed by atoms with E-state index in [0.717, 1.165) is 17.3 Å². The van der Waals surface area contributed by atoms with Gasteiger partial charge in [-0.05, 0) is 0 Å². The Morgan fingerprint density at radius 2 is 1.96 bits per heavy atom. The van der Waals surface area contributed by atoms with Crippen molar-refractivity contribution in [3.63, 3.8) is 0 Å². The molecule has 3 unspecified atom stereocenters. The van der Waals surface area contributed by atoms with E-state index in [4.69, 9.17) is 4.74 Å². The molecule has 1 aromatic carbocycles. The zero-order valence-corrected chi connectivity index (χ0v) is 16.5. The summed E-state index contributed by atoms with van der Waals surface area (Å²) in [5.74, 6) is 1.58. The third-order valence-corrected chi connectivity index (χ3v) is 6.73. The standard InChI is InChI=1S/C21H32OSe/c1-3-4-5-7-12-19-13-10-11-16-21(19)18(2)22-17-23-20-14-8-6-9-15-20/h5-9,14-15,18-19,21H,3-4,10-13,16-17H2,1-2H3/b7-5+. The van der Waals surface area contributed by atoms with E-state index in [2.05, 4.69) is 56.3 Å². The van der Waals surface area contributed by atoms with Crippen LogP contribution in [0, 0.1) is 11.8 Å². The van der Waals surface area contributed by atoms with E-state index < -0.39 is 0 Å². The van der Waals surface area contributed by atoms with Crippen LogP contribution in [0.25, 0.3) is 0 Å². The van der Waals surface area contributed by atoms with Crippen LogP contribution in [-0.2, 0) is 4.74 Å². The Bertz CT molecular complexity index is 442. The fraction of sp³-hybridized carbons (Fsp3) is 0.619. The fourth-order valence-corrected chi connectivity index (χ4v) is 5.16. The van der Waals surface area contributed by atoms with Gasteiger partial charge in [0.15, 0.2) is 0 Å². The molecule has 1 fully saturated rings. The predicted octanol–water partition coefficient (Wildman–Crippen LogP) is 4.93. The van der Waals surface area contributed by atoms with Crippen molar-refractivity contribution in [2.24, 2.45) is 11.8 Å². The molecule has 1 aromatic rings.